The average molecular weight is 276 g/mol. The van der Waals surface area contributed by atoms with E-state index in [4.69, 9.17) is 9.84 Å². The topological polar surface area (TPSA) is 72.8 Å². The smallest absolute Gasteiger partial charge is 0.262 e. The van der Waals surface area contributed by atoms with Crippen LogP contribution in [0.15, 0.2) is 4.79 Å². The minimum absolute atomic E-state index is 0.0884. The van der Waals surface area contributed by atoms with E-state index in [0.717, 1.165) is 31.7 Å². The predicted molar refractivity (Wildman–Crippen MR) is 76.1 cm³/mol. The normalized spacial score (nSPS) is 17.2. The summed E-state index contributed by atoms with van der Waals surface area (Å²) in [5.41, 5.74) is 1.46. The highest BCUT2D eigenvalue weighted by Crippen LogP contribution is 2.27. The first-order valence-corrected chi connectivity index (χ1v) is 7.14. The minimum Gasteiger partial charge on any atom is -0.381 e. The molecular formula is C14H20N4O2. The van der Waals surface area contributed by atoms with Crippen LogP contribution in [0, 0.1) is 6.92 Å². The van der Waals surface area contributed by atoms with Gasteiger partial charge in [-0.05, 0) is 25.7 Å². The van der Waals surface area contributed by atoms with Crippen LogP contribution in [0.2, 0.25) is 0 Å². The monoisotopic (exact) mass is 276 g/mol. The van der Waals surface area contributed by atoms with Gasteiger partial charge in [-0.1, -0.05) is 13.8 Å². The van der Waals surface area contributed by atoms with Gasteiger partial charge < -0.3 is 9.72 Å². The molecule has 1 aliphatic heterocycles. The number of nitrogens with one attached hydrogen (secondary N) is 1. The van der Waals surface area contributed by atoms with Crippen molar-refractivity contribution in [3.63, 3.8) is 0 Å². The summed E-state index contributed by atoms with van der Waals surface area (Å²) in [5, 5.41) is 5.33. The first kappa shape index (κ1) is 13.3. The summed E-state index contributed by atoms with van der Waals surface area (Å²) in [5.74, 6) is 0.829. The molecule has 6 heteroatoms. The van der Waals surface area contributed by atoms with Gasteiger partial charge in [0.05, 0.1) is 11.7 Å². The van der Waals surface area contributed by atoms with E-state index < -0.39 is 0 Å². The zero-order chi connectivity index (χ0) is 14.3. The Bertz CT molecular complexity index is 680. The third-order valence-corrected chi connectivity index (χ3v) is 3.79. The number of hydrogen-bond donors (Lipinski definition) is 1. The van der Waals surface area contributed by atoms with E-state index in [2.05, 4.69) is 23.8 Å². The highest BCUT2D eigenvalue weighted by molar-refractivity contribution is 5.78. The number of aromatic nitrogens is 4. The van der Waals surface area contributed by atoms with Crippen molar-refractivity contribution in [2.24, 2.45) is 0 Å². The summed E-state index contributed by atoms with van der Waals surface area (Å²) in [6.45, 7) is 7.39. The second kappa shape index (κ2) is 5.01. The number of H-pyrrole nitrogens is 1. The molecule has 1 N–H and O–H groups in total. The van der Waals surface area contributed by atoms with Crippen molar-refractivity contribution < 1.29 is 4.74 Å². The molecule has 0 aromatic carbocycles. The molecule has 0 saturated carbocycles. The van der Waals surface area contributed by atoms with Crippen LogP contribution in [0.25, 0.3) is 11.0 Å². The summed E-state index contributed by atoms with van der Waals surface area (Å²) in [6, 6.07) is 0.271. The summed E-state index contributed by atoms with van der Waals surface area (Å²) in [6.07, 6.45) is 1.84. The van der Waals surface area contributed by atoms with Crippen LogP contribution in [-0.2, 0) is 4.74 Å². The molecule has 0 atom stereocenters. The lowest BCUT2D eigenvalue weighted by Gasteiger charge is -2.22. The molecule has 3 rings (SSSR count). The van der Waals surface area contributed by atoms with Crippen molar-refractivity contribution in [2.75, 3.05) is 13.2 Å². The van der Waals surface area contributed by atoms with Crippen LogP contribution in [-0.4, -0.2) is 33.0 Å². The van der Waals surface area contributed by atoms with E-state index in [9.17, 15) is 4.79 Å². The Morgan fingerprint density at radius 1 is 1.35 bits per heavy atom. The zero-order valence-electron chi connectivity index (χ0n) is 12.1. The van der Waals surface area contributed by atoms with Crippen LogP contribution in [0.4, 0.5) is 0 Å². The van der Waals surface area contributed by atoms with Gasteiger partial charge >= 0.3 is 0 Å². The number of nitrogens with zero attached hydrogens (tertiary/aromatic N) is 3. The number of ether oxygens (including phenoxy) is 1. The summed E-state index contributed by atoms with van der Waals surface area (Å²) in [4.78, 5) is 19.5. The fourth-order valence-electron chi connectivity index (χ4n) is 2.77. The first-order chi connectivity index (χ1) is 9.58. The molecule has 1 saturated heterocycles. The molecule has 0 radical (unpaired) electrons. The molecule has 0 unspecified atom stereocenters. The Kier molecular flexibility index (Phi) is 3.33. The minimum atomic E-state index is -0.0884. The molecule has 0 amide bonds. The highest BCUT2D eigenvalue weighted by atomic mass is 16.5. The molecule has 1 aliphatic rings. The Morgan fingerprint density at radius 3 is 2.70 bits per heavy atom. The quantitative estimate of drug-likeness (QED) is 0.909. The molecule has 6 nitrogen and oxygen atoms in total. The van der Waals surface area contributed by atoms with Crippen LogP contribution < -0.4 is 5.56 Å². The van der Waals surface area contributed by atoms with Crippen molar-refractivity contribution in [1.29, 1.82) is 0 Å². The number of fused-ring (bicyclic) bond motifs is 1. The predicted octanol–water partition coefficient (Wildman–Crippen LogP) is 1.90. The number of hydrogen-bond acceptors (Lipinski definition) is 4. The summed E-state index contributed by atoms with van der Waals surface area (Å²) >= 11 is 0. The molecule has 0 bridgehead atoms. The Morgan fingerprint density at radius 2 is 2.05 bits per heavy atom. The van der Waals surface area contributed by atoms with E-state index in [-0.39, 0.29) is 17.5 Å². The number of rotatable bonds is 2. The summed E-state index contributed by atoms with van der Waals surface area (Å²) in [7, 11) is 0. The highest BCUT2D eigenvalue weighted by Gasteiger charge is 2.24. The third-order valence-electron chi connectivity index (χ3n) is 3.79. The average Bonchev–Trinajstić information content (AvgIpc) is 2.79. The van der Waals surface area contributed by atoms with Gasteiger partial charge in [0.25, 0.3) is 5.56 Å². The Hall–Kier alpha value is -1.69. The molecule has 2 aromatic rings. The van der Waals surface area contributed by atoms with Crippen LogP contribution in [0.1, 0.15) is 50.2 Å². The van der Waals surface area contributed by atoms with E-state index in [1.165, 1.54) is 0 Å². The van der Waals surface area contributed by atoms with Crippen LogP contribution >= 0.6 is 0 Å². The number of aryl methyl sites for hydroxylation is 1. The fourth-order valence-corrected chi connectivity index (χ4v) is 2.77. The van der Waals surface area contributed by atoms with Crippen molar-refractivity contribution >= 4 is 11.0 Å². The Labute approximate surface area is 117 Å². The van der Waals surface area contributed by atoms with Gasteiger partial charge in [-0.25, -0.2) is 9.67 Å². The van der Waals surface area contributed by atoms with Gasteiger partial charge in [-0.2, -0.15) is 5.10 Å². The standard InChI is InChI=1S/C14H20N4O2/c1-8(2)12-11-13(15-9(3)16-14(11)19)18(17-12)10-4-6-20-7-5-10/h8,10H,4-7H2,1-3H3,(H,15,16,19). The summed E-state index contributed by atoms with van der Waals surface area (Å²) < 4.78 is 7.35. The molecule has 20 heavy (non-hydrogen) atoms. The van der Waals surface area contributed by atoms with Crippen LogP contribution in [0.5, 0.6) is 0 Å². The fraction of sp³-hybridized carbons (Fsp3) is 0.643. The van der Waals surface area contributed by atoms with E-state index in [1.807, 2.05) is 4.68 Å². The van der Waals surface area contributed by atoms with Gasteiger partial charge in [0.2, 0.25) is 0 Å². The largest absolute Gasteiger partial charge is 0.381 e. The Balaban J connectivity index is 2.23. The zero-order valence-corrected chi connectivity index (χ0v) is 12.1. The van der Waals surface area contributed by atoms with Crippen molar-refractivity contribution in [2.45, 2.75) is 45.6 Å². The second-order valence-corrected chi connectivity index (χ2v) is 5.68. The first-order valence-electron chi connectivity index (χ1n) is 7.14. The van der Waals surface area contributed by atoms with E-state index in [1.54, 1.807) is 6.92 Å². The maximum absolute atomic E-state index is 12.2. The molecule has 1 fully saturated rings. The molecule has 0 aliphatic carbocycles. The lowest BCUT2D eigenvalue weighted by atomic mass is 10.1. The molecule has 2 aromatic heterocycles. The van der Waals surface area contributed by atoms with Crippen LogP contribution in [0.3, 0.4) is 0 Å². The molecule has 3 heterocycles. The number of aromatic amines is 1. The van der Waals surface area contributed by atoms with E-state index >= 15 is 0 Å². The molecule has 0 spiro atoms. The van der Waals surface area contributed by atoms with Gasteiger partial charge in [0.1, 0.15) is 11.2 Å². The van der Waals surface area contributed by atoms with Gasteiger partial charge in [-0.3, -0.25) is 4.79 Å². The SMILES string of the molecule is Cc1nc2c(c(C(C)C)nn2C2CCOCC2)c(=O)[nH]1. The lowest BCUT2D eigenvalue weighted by Crippen LogP contribution is -2.21. The van der Waals surface area contributed by atoms with Gasteiger partial charge in [0, 0.05) is 13.2 Å². The third kappa shape index (κ3) is 2.14. The van der Waals surface area contributed by atoms with E-state index in [0.29, 0.717) is 16.9 Å². The van der Waals surface area contributed by atoms with Crippen molar-refractivity contribution in [1.82, 2.24) is 19.7 Å². The lowest BCUT2D eigenvalue weighted by molar-refractivity contribution is 0.0672. The maximum atomic E-state index is 12.2. The van der Waals surface area contributed by atoms with Crippen molar-refractivity contribution in [3.05, 3.63) is 21.9 Å². The molecular weight excluding hydrogens is 256 g/mol. The van der Waals surface area contributed by atoms with Gasteiger partial charge in [-0.15, -0.1) is 0 Å². The maximum Gasteiger partial charge on any atom is 0.262 e. The van der Waals surface area contributed by atoms with Gasteiger partial charge in [0.15, 0.2) is 5.65 Å². The second-order valence-electron chi connectivity index (χ2n) is 5.68. The van der Waals surface area contributed by atoms with Crippen molar-refractivity contribution in [3.8, 4) is 0 Å². The molecule has 108 valence electrons.